The Morgan fingerprint density at radius 3 is 1.30 bits per heavy atom. The predicted molar refractivity (Wildman–Crippen MR) is 440 cm³/mol. The summed E-state index contributed by atoms with van der Waals surface area (Å²) in [5, 5.41) is 15.4. The van der Waals surface area contributed by atoms with Crippen LogP contribution in [0.2, 0.25) is 0 Å². The molecule has 16 rings (SSSR count). The molecule has 0 aliphatic carbocycles. The quantitative estimate of drug-likeness (QED) is 0.0580. The number of rotatable bonds is 14. The molecule has 0 radical (unpaired) electrons. The molecule has 2 aromatic carbocycles. The molecule has 43 heteroatoms. The average molecular weight is 2100 g/mol. The first-order valence-corrected chi connectivity index (χ1v) is 38.3. The van der Waals surface area contributed by atoms with E-state index in [1.54, 1.807) is 87.7 Å². The van der Waals surface area contributed by atoms with Gasteiger partial charge in [0.25, 0.3) is 37.1 Å². The van der Waals surface area contributed by atoms with Gasteiger partial charge in [0.1, 0.15) is 70.2 Å². The van der Waals surface area contributed by atoms with E-state index in [1.165, 1.54) is 150 Å². The molecule has 1 fully saturated rings. The van der Waals surface area contributed by atoms with E-state index in [0.717, 1.165) is 35.0 Å². The third-order valence-corrected chi connectivity index (χ3v) is 21.7. The molecule has 14 heterocycles. The van der Waals surface area contributed by atoms with Gasteiger partial charge in [-0.3, -0.25) is 18.4 Å². The Bertz CT molecular complexity index is 5590. The summed E-state index contributed by atoms with van der Waals surface area (Å²) in [5.41, 5.74) is 14.3. The molecule has 1 unspecified atom stereocenters. The third kappa shape index (κ3) is 21.2. The Labute approximate surface area is 718 Å². The number of hydrogen-bond acceptors (Lipinski definition) is 30. The van der Waals surface area contributed by atoms with Crippen molar-refractivity contribution in [3.63, 3.8) is 0 Å². The molecule has 115 heavy (non-hydrogen) atoms. The van der Waals surface area contributed by atoms with E-state index in [-0.39, 0.29) is 129 Å². The zero-order valence-corrected chi connectivity index (χ0v) is 75.3. The molecular formula is C72H74BBrF5N19O9S6W2-2. The molecule has 1 saturated heterocycles. The van der Waals surface area contributed by atoms with Crippen molar-refractivity contribution in [1.29, 1.82) is 0 Å². The van der Waals surface area contributed by atoms with Gasteiger partial charge in [-0.1, -0.05) is 88.4 Å². The monoisotopic (exact) mass is 2090 g/mol. The van der Waals surface area contributed by atoms with Crippen molar-refractivity contribution in [2.75, 3.05) is 53.3 Å². The number of thiazole rings is 5. The predicted octanol–water partition coefficient (Wildman–Crippen LogP) is 15.5. The molecule has 0 bridgehead atoms. The molecule has 0 amide bonds. The Kier molecular flexibility index (Phi) is 34.3. The summed E-state index contributed by atoms with van der Waals surface area (Å²) in [6, 6.07) is 15.0. The fourth-order valence-corrected chi connectivity index (χ4v) is 14.4. The minimum absolute atomic E-state index is 0. The number of benzene rings is 2. The number of pyridine rings is 2. The number of fused-ring (bicyclic) bond motifs is 4. The second-order valence-electron chi connectivity index (χ2n) is 23.9. The normalized spacial score (nSPS) is 12.6. The Hall–Kier alpha value is -9.15. The van der Waals surface area contributed by atoms with E-state index in [2.05, 4.69) is 60.8 Å². The van der Waals surface area contributed by atoms with Crippen molar-refractivity contribution in [3.8, 4) is 69.4 Å². The van der Waals surface area contributed by atoms with Gasteiger partial charge in [0.05, 0.1) is 129 Å². The van der Waals surface area contributed by atoms with E-state index < -0.39 is 46.5 Å². The van der Waals surface area contributed by atoms with Crippen LogP contribution in [-0.4, -0.2) is 143 Å². The van der Waals surface area contributed by atoms with Crippen molar-refractivity contribution in [3.05, 3.63) is 208 Å². The van der Waals surface area contributed by atoms with Crippen LogP contribution in [0.5, 0.6) is 26.0 Å². The summed E-state index contributed by atoms with van der Waals surface area (Å²) < 4.78 is 111. The van der Waals surface area contributed by atoms with Gasteiger partial charge in [0.15, 0.2) is 11.3 Å². The summed E-state index contributed by atoms with van der Waals surface area (Å²) in [7, 11) is 7.51. The zero-order chi connectivity index (χ0) is 78.9. The molecule has 2 atom stereocenters. The van der Waals surface area contributed by atoms with Gasteiger partial charge in [-0.15, -0.1) is 0 Å². The molecule has 15 aromatic rings. The molecule has 13 aromatic heterocycles. The third-order valence-electron chi connectivity index (χ3n) is 16.6. The topological polar surface area (TPSA) is 337 Å². The van der Waals surface area contributed by atoms with Crippen LogP contribution >= 0.6 is 84.8 Å². The van der Waals surface area contributed by atoms with E-state index in [9.17, 15) is 31.0 Å². The van der Waals surface area contributed by atoms with Gasteiger partial charge in [-0.2, -0.15) is 14.1 Å². The summed E-state index contributed by atoms with van der Waals surface area (Å²) in [5.74, 6) is -1.86. The van der Waals surface area contributed by atoms with Crippen LogP contribution in [0.1, 0.15) is 72.4 Å². The molecule has 1 aliphatic rings. The molecular weight excluding hydrogens is 2020 g/mol. The van der Waals surface area contributed by atoms with Crippen LogP contribution in [0.25, 0.3) is 76.8 Å². The SMILES string of the molecule is C.COc1ncc(-c2nn(C(C)c3nc4ccc(F)cn4c(=O)c3-c3cccc(F)c3)c3ncnc(N)c23)s1.COc1ncc(-c2nn([C@@H](C)c3nc4ccc(F)cn4c(=O)c3-c3cccc(F)c3)c3ncnc(N)c23)s1.COc1ncc(B2OC(C)(C)C(C)(C)O2)s1.COc1ncc(Br)s1.COc1nccs1.CSF.[CH3-].[CH3-].[W].[W]. The van der Waals surface area contributed by atoms with Gasteiger partial charge < -0.3 is 59.3 Å². The summed E-state index contributed by atoms with van der Waals surface area (Å²) in [6.07, 6.45) is 14.5. The van der Waals surface area contributed by atoms with E-state index in [4.69, 9.17) is 64.6 Å². The summed E-state index contributed by atoms with van der Waals surface area (Å²) >= 11 is 10.5. The van der Waals surface area contributed by atoms with Gasteiger partial charge in [-0.25, -0.2) is 81.7 Å². The van der Waals surface area contributed by atoms with Gasteiger partial charge >= 0.3 is 7.12 Å². The number of nitrogens with two attached hydrogens (primary N) is 2. The maximum Gasteiger partial charge on any atom is 0.507 e. The van der Waals surface area contributed by atoms with Crippen LogP contribution in [0.15, 0.2) is 148 Å². The van der Waals surface area contributed by atoms with Gasteiger partial charge in [0.2, 0.25) is 0 Å². The van der Waals surface area contributed by atoms with E-state index in [1.807, 2.05) is 33.1 Å². The molecule has 606 valence electrons. The van der Waals surface area contributed by atoms with Crippen LogP contribution in [0, 0.1) is 38.1 Å². The first-order valence-electron chi connectivity index (χ1n) is 32.3. The number of anilines is 2. The fraction of sp³-hybridized carbons (Fsp3) is 0.236. The molecule has 0 saturated carbocycles. The molecule has 1 aliphatic heterocycles. The molecule has 4 N–H and O–H groups in total. The largest absolute Gasteiger partial charge is 0.507 e. The van der Waals surface area contributed by atoms with Gasteiger partial charge in [0, 0.05) is 90.7 Å². The first kappa shape index (κ1) is 94.7. The second kappa shape index (κ2) is 41.6. The second-order valence-corrected chi connectivity index (χ2v) is 30.4. The number of nitrogen functional groups attached to an aromatic ring is 2. The number of methoxy groups -OCH3 is 5. The minimum Gasteiger partial charge on any atom is -0.473 e. The van der Waals surface area contributed by atoms with Crippen molar-refractivity contribution in [2.45, 2.75) is 72.3 Å². The fourth-order valence-electron chi connectivity index (χ4n) is 10.8. The maximum absolute atomic E-state index is 14.2. The molecule has 0 spiro atoms. The van der Waals surface area contributed by atoms with E-state index >= 15 is 0 Å². The number of halogens is 6. The first-order chi connectivity index (χ1) is 52.7. The van der Waals surface area contributed by atoms with Crippen LogP contribution in [0.4, 0.5) is 33.1 Å². The number of aromatic nitrogens is 17. The van der Waals surface area contributed by atoms with Gasteiger partial charge in [-0.05, 0) is 117 Å². The molecule has 28 nitrogen and oxygen atoms in total. The standard InChI is InChI=1S/2C25H18F2N8O2S.C10H16BNO3S.C4H4BrNOS.C4H5NOS.CH3FS.CH4.2CH3.2W/c2*1-12(35-23-19(22(28)30-11-31-23)21(33-35)16-9-29-25(37-2)38-16)20-18(13-4-3-5-14(26)8-13)24(36)34-10-15(27)6-7-17(34)32-20;1-9(2)10(3,4)15-11(14-9)7-6-12-8(13-5)16-7;1-7-4-6-2-3(5)8-4;1-6-4-5-2-3-7-4;1-3-2;;;;;/h2*3-12H,1-2H3,(H2,28,30,31);6H,1-5H3;2H,1H3;2-3H,1H3;1H3;1H4;2*1H3;;/q;;;;;;;2*-1;;/t12-;;;;;;;;;;/m0........../s1. The van der Waals surface area contributed by atoms with Crippen LogP contribution in [0.3, 0.4) is 0 Å². The van der Waals surface area contributed by atoms with Crippen LogP contribution in [-0.2, 0) is 51.4 Å². The van der Waals surface area contributed by atoms with Crippen LogP contribution < -0.4 is 51.0 Å². The Balaban J connectivity index is 0.000000248. The van der Waals surface area contributed by atoms with Crippen molar-refractivity contribution in [2.24, 2.45) is 0 Å². The number of hydrogen-bond donors (Lipinski definition) is 2. The summed E-state index contributed by atoms with van der Waals surface area (Å²) in [4.78, 5) is 75.4. The average Bonchev–Trinajstić information content (AvgIpc) is 1.71. The number of nitrogens with zero attached hydrogens (tertiary/aromatic N) is 17. The maximum atomic E-state index is 14.2. The zero-order valence-electron chi connectivity index (χ0n) is 62.9. The Morgan fingerprint density at radius 1 is 0.548 bits per heavy atom. The smallest absolute Gasteiger partial charge is 0.473 e. The van der Waals surface area contributed by atoms with E-state index in [0.29, 0.717) is 86.5 Å². The van der Waals surface area contributed by atoms with Crippen molar-refractivity contribution < 1.29 is 96.6 Å². The van der Waals surface area contributed by atoms with Crippen molar-refractivity contribution in [1.82, 2.24) is 83.2 Å². The van der Waals surface area contributed by atoms with Crippen molar-refractivity contribution >= 4 is 142 Å². The Morgan fingerprint density at radius 2 is 0.948 bits per heavy atom. The number of ether oxygens (including phenoxy) is 5. The summed E-state index contributed by atoms with van der Waals surface area (Å²) in [6.45, 7) is 11.7. The minimum atomic E-state index is -0.684.